The zero-order chi connectivity index (χ0) is 8.10. The quantitative estimate of drug-likeness (QED) is 0.648. The van der Waals surface area contributed by atoms with Crippen molar-refractivity contribution < 1.29 is 8.95 Å². The van der Waals surface area contributed by atoms with E-state index >= 15 is 0 Å². The van der Waals surface area contributed by atoms with Crippen LogP contribution in [-0.4, -0.2) is 28.4 Å². The zero-order valence-electron chi connectivity index (χ0n) is 7.04. The van der Waals surface area contributed by atoms with Crippen LogP contribution in [0.1, 0.15) is 26.2 Å². The Balaban J connectivity index is 2.19. The highest BCUT2D eigenvalue weighted by atomic mass is 32.2. The maximum atomic E-state index is 11.1. The first-order valence-corrected chi connectivity index (χ1v) is 5.78. The largest absolute Gasteiger partial charge is 0.377 e. The van der Waals surface area contributed by atoms with E-state index in [1.807, 2.05) is 6.92 Å². The maximum Gasteiger partial charge on any atom is 0.0690 e. The summed E-state index contributed by atoms with van der Waals surface area (Å²) in [7, 11) is -0.650. The van der Waals surface area contributed by atoms with Crippen LogP contribution in [0.2, 0.25) is 0 Å². The molecule has 1 rings (SSSR count). The van der Waals surface area contributed by atoms with E-state index in [2.05, 4.69) is 0 Å². The van der Waals surface area contributed by atoms with Crippen LogP contribution >= 0.6 is 0 Å². The van der Waals surface area contributed by atoms with Crippen molar-refractivity contribution in [2.45, 2.75) is 32.3 Å². The summed E-state index contributed by atoms with van der Waals surface area (Å²) in [5.41, 5.74) is 0. The Labute approximate surface area is 70.8 Å². The summed E-state index contributed by atoms with van der Waals surface area (Å²) in [5.74, 6) is 1.51. The Bertz CT molecular complexity index is 130. The number of rotatable bonds is 3. The van der Waals surface area contributed by atoms with Gasteiger partial charge in [0.05, 0.1) is 6.10 Å². The van der Waals surface area contributed by atoms with Gasteiger partial charge in [0.25, 0.3) is 0 Å². The summed E-state index contributed by atoms with van der Waals surface area (Å²) in [6, 6.07) is 0. The lowest BCUT2D eigenvalue weighted by molar-refractivity contribution is 0.0310. The molecule has 2 nitrogen and oxygen atoms in total. The number of ether oxygens (including phenoxy) is 1. The Morgan fingerprint density at radius 1 is 1.55 bits per heavy atom. The van der Waals surface area contributed by atoms with Gasteiger partial charge in [0.15, 0.2) is 0 Å². The molecule has 0 aromatic heterocycles. The van der Waals surface area contributed by atoms with Crippen LogP contribution in [-0.2, 0) is 15.5 Å². The van der Waals surface area contributed by atoms with Gasteiger partial charge in [0, 0.05) is 28.9 Å². The molecule has 1 aliphatic rings. The second-order valence-electron chi connectivity index (χ2n) is 2.88. The van der Waals surface area contributed by atoms with E-state index in [9.17, 15) is 4.21 Å². The molecule has 2 atom stereocenters. The third kappa shape index (κ3) is 3.34. The lowest BCUT2D eigenvalue weighted by Crippen LogP contribution is -2.25. The molecule has 0 amide bonds. The lowest BCUT2D eigenvalue weighted by Gasteiger charge is -2.21. The summed E-state index contributed by atoms with van der Waals surface area (Å²) < 4.78 is 16.6. The minimum atomic E-state index is -0.650. The smallest absolute Gasteiger partial charge is 0.0690 e. The molecule has 1 fully saturated rings. The molecule has 0 saturated carbocycles. The third-order valence-electron chi connectivity index (χ3n) is 1.97. The molecular formula is C8H16O2S. The van der Waals surface area contributed by atoms with Gasteiger partial charge in [-0.3, -0.25) is 4.21 Å². The molecule has 1 aliphatic heterocycles. The van der Waals surface area contributed by atoms with Crippen LogP contribution < -0.4 is 0 Å². The topological polar surface area (TPSA) is 26.3 Å². The second kappa shape index (κ2) is 4.88. The van der Waals surface area contributed by atoms with Gasteiger partial charge in [0.2, 0.25) is 0 Å². The molecule has 3 heteroatoms. The van der Waals surface area contributed by atoms with E-state index in [1.165, 1.54) is 12.8 Å². The fourth-order valence-electron chi connectivity index (χ4n) is 1.26. The van der Waals surface area contributed by atoms with Crippen molar-refractivity contribution in [3.05, 3.63) is 0 Å². The average Bonchev–Trinajstić information content (AvgIpc) is 2.06. The monoisotopic (exact) mass is 176 g/mol. The van der Waals surface area contributed by atoms with Gasteiger partial charge in [-0.25, -0.2) is 0 Å². The SMILES string of the molecule is CCS(=O)CC1CCCCO1. The Hall–Kier alpha value is 0.110. The first kappa shape index (κ1) is 9.20. The van der Waals surface area contributed by atoms with Crippen LogP contribution in [0.5, 0.6) is 0 Å². The van der Waals surface area contributed by atoms with Crippen LogP contribution in [0.15, 0.2) is 0 Å². The van der Waals surface area contributed by atoms with E-state index in [0.717, 1.165) is 24.5 Å². The molecule has 11 heavy (non-hydrogen) atoms. The average molecular weight is 176 g/mol. The summed E-state index contributed by atoms with van der Waals surface area (Å²) in [4.78, 5) is 0. The summed E-state index contributed by atoms with van der Waals surface area (Å²) in [5, 5.41) is 0. The van der Waals surface area contributed by atoms with Gasteiger partial charge < -0.3 is 4.74 Å². The van der Waals surface area contributed by atoms with Gasteiger partial charge in [-0.05, 0) is 19.3 Å². The van der Waals surface area contributed by atoms with Crippen molar-refractivity contribution >= 4 is 10.8 Å². The fraction of sp³-hybridized carbons (Fsp3) is 1.00. The van der Waals surface area contributed by atoms with Gasteiger partial charge in [0.1, 0.15) is 0 Å². The number of hydrogen-bond donors (Lipinski definition) is 0. The van der Waals surface area contributed by atoms with E-state index in [1.54, 1.807) is 0 Å². The summed E-state index contributed by atoms with van der Waals surface area (Å²) in [6.07, 6.45) is 3.80. The molecule has 1 heterocycles. The summed E-state index contributed by atoms with van der Waals surface area (Å²) >= 11 is 0. The predicted octanol–water partition coefficient (Wildman–Crippen LogP) is 1.32. The van der Waals surface area contributed by atoms with E-state index in [0.29, 0.717) is 0 Å². The molecule has 1 saturated heterocycles. The van der Waals surface area contributed by atoms with Crippen LogP contribution in [0.25, 0.3) is 0 Å². The Morgan fingerprint density at radius 2 is 2.36 bits per heavy atom. The molecular weight excluding hydrogens is 160 g/mol. The second-order valence-corrected chi connectivity index (χ2v) is 4.67. The maximum absolute atomic E-state index is 11.1. The molecule has 0 radical (unpaired) electrons. The molecule has 66 valence electrons. The van der Waals surface area contributed by atoms with Gasteiger partial charge in [-0.2, -0.15) is 0 Å². The van der Waals surface area contributed by atoms with E-state index in [-0.39, 0.29) is 6.10 Å². The fourth-order valence-corrected chi connectivity index (χ4v) is 2.18. The highest BCUT2D eigenvalue weighted by Crippen LogP contribution is 2.13. The Kier molecular flexibility index (Phi) is 4.08. The molecule has 0 aromatic carbocycles. The highest BCUT2D eigenvalue weighted by molar-refractivity contribution is 7.84. The lowest BCUT2D eigenvalue weighted by atomic mass is 10.1. The molecule has 0 bridgehead atoms. The predicted molar refractivity (Wildman–Crippen MR) is 47.1 cm³/mol. The van der Waals surface area contributed by atoms with Gasteiger partial charge in [-0.15, -0.1) is 0 Å². The Morgan fingerprint density at radius 3 is 2.91 bits per heavy atom. The van der Waals surface area contributed by atoms with E-state index in [4.69, 9.17) is 4.74 Å². The van der Waals surface area contributed by atoms with Crippen molar-refractivity contribution in [3.8, 4) is 0 Å². The first-order valence-electron chi connectivity index (χ1n) is 4.29. The minimum absolute atomic E-state index is 0.282. The van der Waals surface area contributed by atoms with Crippen molar-refractivity contribution in [1.29, 1.82) is 0 Å². The first-order chi connectivity index (χ1) is 5.33. The van der Waals surface area contributed by atoms with Gasteiger partial charge >= 0.3 is 0 Å². The molecule has 0 aromatic rings. The van der Waals surface area contributed by atoms with Gasteiger partial charge in [-0.1, -0.05) is 6.92 Å². The molecule has 2 unspecified atom stereocenters. The normalized spacial score (nSPS) is 28.3. The van der Waals surface area contributed by atoms with Crippen molar-refractivity contribution in [3.63, 3.8) is 0 Å². The minimum Gasteiger partial charge on any atom is -0.377 e. The van der Waals surface area contributed by atoms with E-state index < -0.39 is 10.8 Å². The zero-order valence-corrected chi connectivity index (χ0v) is 7.86. The highest BCUT2D eigenvalue weighted by Gasteiger charge is 2.15. The standard InChI is InChI=1S/C8H16O2S/c1-2-11(9)7-8-5-3-4-6-10-8/h8H,2-7H2,1H3. The molecule has 0 aliphatic carbocycles. The van der Waals surface area contributed by atoms with Crippen molar-refractivity contribution in [2.24, 2.45) is 0 Å². The third-order valence-corrected chi connectivity index (χ3v) is 3.36. The summed E-state index contributed by atoms with van der Waals surface area (Å²) in [6.45, 7) is 2.82. The van der Waals surface area contributed by atoms with Crippen LogP contribution in [0.3, 0.4) is 0 Å². The van der Waals surface area contributed by atoms with Crippen LogP contribution in [0, 0.1) is 0 Å². The number of hydrogen-bond acceptors (Lipinski definition) is 2. The molecule has 0 N–H and O–H groups in total. The van der Waals surface area contributed by atoms with Crippen LogP contribution in [0.4, 0.5) is 0 Å². The van der Waals surface area contributed by atoms with Crippen molar-refractivity contribution in [1.82, 2.24) is 0 Å². The molecule has 0 spiro atoms. The van der Waals surface area contributed by atoms with Crippen molar-refractivity contribution in [2.75, 3.05) is 18.1 Å².